The molecule has 1 heterocycles. The number of alkyl carbamates (subject to hydrolysis) is 1. The number of halogens is 3. The fourth-order valence-corrected chi connectivity index (χ4v) is 6.01. The summed E-state index contributed by atoms with van der Waals surface area (Å²) >= 11 is 0. The zero-order chi connectivity index (χ0) is 37.5. The summed E-state index contributed by atoms with van der Waals surface area (Å²) in [5.41, 5.74) is -0.0635. The van der Waals surface area contributed by atoms with E-state index in [1.807, 2.05) is 0 Å². The van der Waals surface area contributed by atoms with Gasteiger partial charge in [0, 0.05) is 12.3 Å². The Kier molecular flexibility index (Phi) is 12.9. The lowest BCUT2D eigenvalue weighted by Gasteiger charge is -2.38. The van der Waals surface area contributed by atoms with Crippen molar-refractivity contribution in [2.75, 3.05) is 19.7 Å². The molecular weight excluding hydrogens is 665 g/mol. The zero-order valence-corrected chi connectivity index (χ0v) is 29.9. The second-order valence-electron chi connectivity index (χ2n) is 14.7. The topological polar surface area (TPSA) is 114 Å². The number of carbonyl (C=O) groups is 3. The number of hydrogen-bond acceptors (Lipinski definition) is 7. The average molecular weight is 713 g/mol. The fraction of sp³-hybridized carbons (Fsp3) is 0.462. The lowest BCUT2D eigenvalue weighted by atomic mass is 9.81. The summed E-state index contributed by atoms with van der Waals surface area (Å²) in [7, 11) is 0. The van der Waals surface area contributed by atoms with E-state index in [0.29, 0.717) is 16.7 Å². The molecule has 3 aromatic carbocycles. The number of nitrogens with zero attached hydrogens (tertiary/aromatic N) is 1. The van der Waals surface area contributed by atoms with Gasteiger partial charge < -0.3 is 29.5 Å². The Morgan fingerprint density at radius 3 is 1.92 bits per heavy atom. The standard InChI is InChI=1S/C39H47F3N2O7/c1-38(2,3)50-36(47)43-35(34(24-10-14-27(40)15-11-24)25-12-16-28(41)17-13-25)33(46)20-26-8-7-9-32(42)31(26)19-18-29-21-44(22-30(23-45)49-29)37(48)51-39(4,5)6/h7-17,29-30,34-35,45H,18-23H2,1-6H3,(H,43,47)/t29-,30+,35-/m1/s1. The number of ether oxygens (including phenoxy) is 3. The van der Waals surface area contributed by atoms with Gasteiger partial charge in [-0.2, -0.15) is 0 Å². The first kappa shape index (κ1) is 39.4. The Balaban J connectivity index is 1.64. The van der Waals surface area contributed by atoms with E-state index in [2.05, 4.69) is 5.32 Å². The van der Waals surface area contributed by atoms with Crippen molar-refractivity contribution in [3.8, 4) is 0 Å². The lowest BCUT2D eigenvalue weighted by molar-refractivity contribution is -0.120. The molecule has 9 nitrogen and oxygen atoms in total. The van der Waals surface area contributed by atoms with E-state index >= 15 is 4.39 Å². The molecule has 4 rings (SSSR count). The van der Waals surface area contributed by atoms with Crippen LogP contribution in [-0.2, 0) is 31.8 Å². The third-order valence-electron chi connectivity index (χ3n) is 8.20. The summed E-state index contributed by atoms with van der Waals surface area (Å²) in [5.74, 6) is -2.97. The summed E-state index contributed by atoms with van der Waals surface area (Å²) in [6.45, 7) is 10.2. The molecule has 0 radical (unpaired) electrons. The van der Waals surface area contributed by atoms with Crippen LogP contribution in [0.3, 0.4) is 0 Å². The van der Waals surface area contributed by atoms with Gasteiger partial charge in [-0.3, -0.25) is 4.79 Å². The van der Waals surface area contributed by atoms with Crippen molar-refractivity contribution < 1.29 is 46.9 Å². The monoisotopic (exact) mass is 712 g/mol. The van der Waals surface area contributed by atoms with Crippen LogP contribution in [0, 0.1) is 17.5 Å². The van der Waals surface area contributed by atoms with Crippen molar-refractivity contribution in [2.24, 2.45) is 0 Å². The molecule has 2 amide bonds. The van der Waals surface area contributed by atoms with Crippen LogP contribution in [0.4, 0.5) is 22.8 Å². The Morgan fingerprint density at radius 1 is 0.843 bits per heavy atom. The van der Waals surface area contributed by atoms with E-state index in [0.717, 1.165) is 0 Å². The quantitative estimate of drug-likeness (QED) is 0.223. The number of Topliss-reactive ketones (excluding diaryl/α,β-unsaturated/α-hetero) is 1. The van der Waals surface area contributed by atoms with Gasteiger partial charge >= 0.3 is 12.2 Å². The van der Waals surface area contributed by atoms with Crippen LogP contribution in [0.5, 0.6) is 0 Å². The van der Waals surface area contributed by atoms with E-state index in [4.69, 9.17) is 14.2 Å². The molecule has 3 aromatic rings. The number of nitrogens with one attached hydrogen (secondary N) is 1. The molecule has 1 fully saturated rings. The maximum atomic E-state index is 15.5. The Morgan fingerprint density at radius 2 is 1.39 bits per heavy atom. The molecule has 0 bridgehead atoms. The molecule has 1 aliphatic rings. The van der Waals surface area contributed by atoms with Crippen LogP contribution < -0.4 is 5.32 Å². The third kappa shape index (κ3) is 11.5. The summed E-state index contributed by atoms with van der Waals surface area (Å²) in [6, 6.07) is 13.9. The van der Waals surface area contributed by atoms with Gasteiger partial charge in [0.2, 0.25) is 0 Å². The molecule has 0 aliphatic carbocycles. The summed E-state index contributed by atoms with van der Waals surface area (Å²) in [4.78, 5) is 41.8. The van der Waals surface area contributed by atoms with Crippen LogP contribution in [0.25, 0.3) is 0 Å². The highest BCUT2D eigenvalue weighted by atomic mass is 19.1. The minimum Gasteiger partial charge on any atom is -0.444 e. The highest BCUT2D eigenvalue weighted by Crippen LogP contribution is 2.31. The van der Waals surface area contributed by atoms with Gasteiger partial charge in [0.25, 0.3) is 0 Å². The second-order valence-corrected chi connectivity index (χ2v) is 14.7. The smallest absolute Gasteiger partial charge is 0.410 e. The van der Waals surface area contributed by atoms with Crippen LogP contribution in [0.2, 0.25) is 0 Å². The largest absolute Gasteiger partial charge is 0.444 e. The highest BCUT2D eigenvalue weighted by Gasteiger charge is 2.36. The molecule has 0 unspecified atom stereocenters. The maximum absolute atomic E-state index is 15.5. The zero-order valence-electron chi connectivity index (χ0n) is 29.9. The minimum atomic E-state index is -1.29. The molecule has 3 atom stereocenters. The van der Waals surface area contributed by atoms with E-state index in [-0.39, 0.29) is 44.5 Å². The van der Waals surface area contributed by atoms with Gasteiger partial charge in [0.05, 0.1) is 31.9 Å². The molecular formula is C39H47F3N2O7. The van der Waals surface area contributed by atoms with Crippen molar-refractivity contribution in [1.82, 2.24) is 10.2 Å². The van der Waals surface area contributed by atoms with Crippen molar-refractivity contribution in [3.05, 3.63) is 106 Å². The van der Waals surface area contributed by atoms with E-state index in [1.165, 1.54) is 65.6 Å². The predicted molar refractivity (Wildman–Crippen MR) is 185 cm³/mol. The normalized spacial score (nSPS) is 17.2. The van der Waals surface area contributed by atoms with Crippen molar-refractivity contribution in [2.45, 2.75) is 96.2 Å². The molecule has 1 aliphatic heterocycles. The fourth-order valence-electron chi connectivity index (χ4n) is 6.01. The number of aliphatic hydroxyl groups is 1. The first-order chi connectivity index (χ1) is 23.9. The van der Waals surface area contributed by atoms with Crippen LogP contribution in [0.15, 0.2) is 66.7 Å². The molecule has 0 spiro atoms. The molecule has 0 aromatic heterocycles. The Labute approximate surface area is 297 Å². The van der Waals surface area contributed by atoms with Gasteiger partial charge in [0.1, 0.15) is 34.7 Å². The summed E-state index contributed by atoms with van der Waals surface area (Å²) in [6.07, 6.45) is -2.57. The van der Waals surface area contributed by atoms with Crippen molar-refractivity contribution in [1.29, 1.82) is 0 Å². The maximum Gasteiger partial charge on any atom is 0.410 e. The van der Waals surface area contributed by atoms with Crippen molar-refractivity contribution >= 4 is 18.0 Å². The van der Waals surface area contributed by atoms with Crippen LogP contribution >= 0.6 is 0 Å². The van der Waals surface area contributed by atoms with E-state index in [9.17, 15) is 28.3 Å². The minimum absolute atomic E-state index is 0.129. The van der Waals surface area contributed by atoms with Crippen molar-refractivity contribution in [3.63, 3.8) is 0 Å². The number of ketones is 1. The lowest BCUT2D eigenvalue weighted by Crippen LogP contribution is -2.52. The van der Waals surface area contributed by atoms with Gasteiger partial charge in [-0.25, -0.2) is 22.8 Å². The van der Waals surface area contributed by atoms with Gasteiger partial charge in [-0.15, -0.1) is 0 Å². The van der Waals surface area contributed by atoms with Gasteiger partial charge in [0.15, 0.2) is 5.78 Å². The first-order valence-corrected chi connectivity index (χ1v) is 17.0. The average Bonchev–Trinajstić information content (AvgIpc) is 3.04. The van der Waals surface area contributed by atoms with E-state index in [1.54, 1.807) is 47.6 Å². The predicted octanol–water partition coefficient (Wildman–Crippen LogP) is 6.87. The molecule has 276 valence electrons. The number of hydrogen-bond donors (Lipinski definition) is 2. The van der Waals surface area contributed by atoms with Crippen LogP contribution in [-0.4, -0.2) is 77.1 Å². The summed E-state index contributed by atoms with van der Waals surface area (Å²) in [5, 5.41) is 12.5. The molecule has 0 saturated carbocycles. The van der Waals surface area contributed by atoms with Gasteiger partial charge in [-0.05, 0) is 107 Å². The Hall–Kier alpha value is -4.42. The summed E-state index contributed by atoms with van der Waals surface area (Å²) < 4.78 is 60.5. The third-order valence-corrected chi connectivity index (χ3v) is 8.20. The first-order valence-electron chi connectivity index (χ1n) is 17.0. The number of amides is 2. The molecule has 1 saturated heterocycles. The van der Waals surface area contributed by atoms with Crippen LogP contribution in [0.1, 0.15) is 76.1 Å². The molecule has 2 N–H and O–H groups in total. The second kappa shape index (κ2) is 16.7. The molecule has 51 heavy (non-hydrogen) atoms. The number of carbonyl (C=O) groups excluding carboxylic acids is 3. The van der Waals surface area contributed by atoms with Gasteiger partial charge in [-0.1, -0.05) is 36.4 Å². The van der Waals surface area contributed by atoms with E-state index < -0.39 is 70.8 Å². The highest BCUT2D eigenvalue weighted by molar-refractivity contribution is 5.91. The molecule has 12 heteroatoms. The number of benzene rings is 3. The SMILES string of the molecule is CC(C)(C)OC(=O)N[C@H](C(=O)Cc1cccc(F)c1CC[C@@H]1CN(C(=O)OC(C)(C)C)C[C@@H](CO)O1)C(c1ccc(F)cc1)c1ccc(F)cc1. The number of morpholine rings is 1. The number of aliphatic hydroxyl groups excluding tert-OH is 1. The number of rotatable bonds is 11. The Bertz CT molecular complexity index is 1610.